The second-order valence-corrected chi connectivity index (χ2v) is 5.38. The van der Waals surface area contributed by atoms with Crippen LogP contribution in [0.2, 0.25) is 0 Å². The van der Waals surface area contributed by atoms with Crippen molar-refractivity contribution in [3.8, 4) is 0 Å². The highest BCUT2D eigenvalue weighted by molar-refractivity contribution is 8.21. The lowest BCUT2D eigenvalue weighted by molar-refractivity contribution is -0.121. The fraction of sp³-hybridized carbons (Fsp3) is 0.636. The van der Waals surface area contributed by atoms with E-state index in [9.17, 15) is 9.59 Å². The van der Waals surface area contributed by atoms with Gasteiger partial charge in [-0.3, -0.25) is 9.59 Å². The summed E-state index contributed by atoms with van der Waals surface area (Å²) >= 11 is 2.99. The molecule has 1 saturated carbocycles. The molecular weight excluding hydrogens is 228 g/mol. The average Bonchev–Trinajstić information content (AvgIpc) is 3.07. The minimum absolute atomic E-state index is 0.00870. The van der Waals surface area contributed by atoms with Crippen LogP contribution in [0.5, 0.6) is 0 Å². The fourth-order valence-corrected chi connectivity index (χ4v) is 2.87. The second-order valence-electron chi connectivity index (χ2n) is 3.49. The maximum Gasteiger partial charge on any atom is 0.171 e. The Labute approximate surface area is 99.3 Å². The number of allylic oxidation sites excluding steroid dienone is 1. The average molecular weight is 244 g/mol. The third kappa shape index (κ3) is 3.11. The van der Waals surface area contributed by atoms with Crippen LogP contribution >= 0.6 is 23.5 Å². The molecule has 0 heterocycles. The van der Waals surface area contributed by atoms with Crippen molar-refractivity contribution in [1.82, 2.24) is 0 Å². The summed E-state index contributed by atoms with van der Waals surface area (Å²) in [6, 6.07) is 0. The molecule has 0 spiro atoms. The van der Waals surface area contributed by atoms with Crippen molar-refractivity contribution in [2.24, 2.45) is 5.92 Å². The molecular formula is C11H16O2S2. The van der Waals surface area contributed by atoms with E-state index in [1.54, 1.807) is 6.92 Å². The van der Waals surface area contributed by atoms with Crippen LogP contribution in [0.25, 0.3) is 0 Å². The Balaban J connectivity index is 2.99. The summed E-state index contributed by atoms with van der Waals surface area (Å²) in [4.78, 5) is 23.7. The van der Waals surface area contributed by atoms with E-state index in [-0.39, 0.29) is 17.5 Å². The number of carbonyl (C=O) groups excluding carboxylic acids is 2. The summed E-state index contributed by atoms with van der Waals surface area (Å²) in [6.45, 7) is 1.81. The number of hydrogen-bond donors (Lipinski definition) is 0. The van der Waals surface area contributed by atoms with Crippen LogP contribution in [0.15, 0.2) is 9.81 Å². The van der Waals surface area contributed by atoms with Crippen LogP contribution in [-0.4, -0.2) is 24.1 Å². The maximum atomic E-state index is 12.0. The van der Waals surface area contributed by atoms with Crippen LogP contribution in [-0.2, 0) is 9.59 Å². The Kier molecular flexibility index (Phi) is 4.93. The monoisotopic (exact) mass is 244 g/mol. The van der Waals surface area contributed by atoms with E-state index >= 15 is 0 Å². The van der Waals surface area contributed by atoms with Crippen LogP contribution < -0.4 is 0 Å². The van der Waals surface area contributed by atoms with Crippen molar-refractivity contribution < 1.29 is 9.59 Å². The van der Waals surface area contributed by atoms with Crippen molar-refractivity contribution >= 4 is 35.1 Å². The first-order valence-corrected chi connectivity index (χ1v) is 7.50. The van der Waals surface area contributed by atoms with E-state index in [1.165, 1.54) is 23.5 Å². The van der Waals surface area contributed by atoms with Crippen LogP contribution in [0, 0.1) is 5.92 Å². The van der Waals surface area contributed by atoms with Gasteiger partial charge >= 0.3 is 0 Å². The van der Waals surface area contributed by atoms with Crippen LogP contribution in [0.3, 0.4) is 0 Å². The predicted octanol–water partition coefficient (Wildman–Crippen LogP) is 2.88. The summed E-state index contributed by atoms with van der Waals surface area (Å²) < 4.78 is 0.874. The van der Waals surface area contributed by atoms with E-state index in [4.69, 9.17) is 0 Å². The van der Waals surface area contributed by atoms with E-state index in [1.807, 2.05) is 12.5 Å². The quantitative estimate of drug-likeness (QED) is 0.409. The fourth-order valence-electron chi connectivity index (χ4n) is 1.37. The number of thioether (sulfide) groups is 2. The smallest absolute Gasteiger partial charge is 0.171 e. The second kappa shape index (κ2) is 5.75. The first-order valence-electron chi connectivity index (χ1n) is 5.05. The Hall–Kier alpha value is -0.220. The molecule has 2 nitrogen and oxygen atoms in total. The molecule has 4 heteroatoms. The van der Waals surface area contributed by atoms with Crippen molar-refractivity contribution in [2.45, 2.75) is 26.2 Å². The van der Waals surface area contributed by atoms with Crippen molar-refractivity contribution in [2.75, 3.05) is 12.5 Å². The van der Waals surface area contributed by atoms with Gasteiger partial charge in [0.1, 0.15) is 0 Å². The predicted molar refractivity (Wildman–Crippen MR) is 67.1 cm³/mol. The molecule has 0 N–H and O–H groups in total. The molecule has 1 rings (SSSR count). The molecule has 1 aliphatic carbocycles. The molecule has 0 aliphatic heterocycles. The Morgan fingerprint density at radius 2 is 1.73 bits per heavy atom. The molecule has 0 atom stereocenters. The zero-order chi connectivity index (χ0) is 11.4. The highest BCUT2D eigenvalue weighted by atomic mass is 32.2. The van der Waals surface area contributed by atoms with Gasteiger partial charge in [0.15, 0.2) is 11.6 Å². The lowest BCUT2D eigenvalue weighted by Crippen LogP contribution is -2.15. The molecule has 0 radical (unpaired) electrons. The van der Waals surface area contributed by atoms with E-state index < -0.39 is 0 Å². The normalized spacial score (nSPS) is 14.9. The minimum atomic E-state index is -0.00870. The SMILES string of the molecule is CCC(=O)C(C(=O)C1CC1)=C(SC)SC. The standard InChI is InChI=1S/C11H16O2S2/c1-4-8(12)9(11(14-2)15-3)10(13)7-5-6-7/h7H,4-6H2,1-3H3. The first kappa shape index (κ1) is 12.8. The van der Waals surface area contributed by atoms with Crippen molar-refractivity contribution in [3.63, 3.8) is 0 Å². The van der Waals surface area contributed by atoms with E-state index in [2.05, 4.69) is 0 Å². The van der Waals surface area contributed by atoms with Crippen LogP contribution in [0.1, 0.15) is 26.2 Å². The maximum absolute atomic E-state index is 12.0. The van der Waals surface area contributed by atoms with E-state index in [0.29, 0.717) is 12.0 Å². The summed E-state index contributed by atoms with van der Waals surface area (Å²) in [5.74, 6) is 0.191. The van der Waals surface area contributed by atoms with Gasteiger partial charge in [0.25, 0.3) is 0 Å². The van der Waals surface area contributed by atoms with Gasteiger partial charge in [-0.1, -0.05) is 6.92 Å². The molecule has 84 valence electrons. The molecule has 0 amide bonds. The lowest BCUT2D eigenvalue weighted by atomic mass is 10.0. The van der Waals surface area contributed by atoms with Crippen molar-refractivity contribution in [1.29, 1.82) is 0 Å². The van der Waals surface area contributed by atoms with Crippen LogP contribution in [0.4, 0.5) is 0 Å². The van der Waals surface area contributed by atoms with Gasteiger partial charge in [-0.05, 0) is 25.4 Å². The van der Waals surface area contributed by atoms with Gasteiger partial charge in [-0.15, -0.1) is 23.5 Å². The third-order valence-electron chi connectivity index (χ3n) is 2.37. The Morgan fingerprint density at radius 1 is 1.20 bits per heavy atom. The number of carbonyl (C=O) groups is 2. The Morgan fingerprint density at radius 3 is 2.07 bits per heavy atom. The third-order valence-corrected chi connectivity index (χ3v) is 4.52. The van der Waals surface area contributed by atoms with Gasteiger partial charge in [-0.2, -0.15) is 0 Å². The molecule has 15 heavy (non-hydrogen) atoms. The summed E-state index contributed by atoms with van der Waals surface area (Å²) in [7, 11) is 0. The largest absolute Gasteiger partial charge is 0.294 e. The topological polar surface area (TPSA) is 34.1 Å². The molecule has 0 aromatic heterocycles. The zero-order valence-electron chi connectivity index (χ0n) is 9.33. The lowest BCUT2D eigenvalue weighted by Gasteiger charge is -2.08. The minimum Gasteiger partial charge on any atom is -0.294 e. The van der Waals surface area contributed by atoms with E-state index in [0.717, 1.165) is 17.1 Å². The molecule has 0 saturated heterocycles. The molecule has 1 fully saturated rings. The van der Waals surface area contributed by atoms with Gasteiger partial charge < -0.3 is 0 Å². The van der Waals surface area contributed by atoms with Crippen molar-refractivity contribution in [3.05, 3.63) is 9.81 Å². The number of hydrogen-bond acceptors (Lipinski definition) is 4. The summed E-state index contributed by atoms with van der Waals surface area (Å²) in [5, 5.41) is 0. The highest BCUT2D eigenvalue weighted by Crippen LogP contribution is 2.37. The summed E-state index contributed by atoms with van der Waals surface area (Å²) in [5.41, 5.74) is 0.458. The van der Waals surface area contributed by atoms with Gasteiger partial charge in [-0.25, -0.2) is 0 Å². The molecule has 0 bridgehead atoms. The van der Waals surface area contributed by atoms with Gasteiger partial charge in [0, 0.05) is 12.3 Å². The first-order chi connectivity index (χ1) is 7.15. The number of rotatable bonds is 6. The van der Waals surface area contributed by atoms with Gasteiger partial charge in [0.05, 0.1) is 9.81 Å². The highest BCUT2D eigenvalue weighted by Gasteiger charge is 2.35. The zero-order valence-corrected chi connectivity index (χ0v) is 11.0. The molecule has 0 unspecified atom stereocenters. The molecule has 0 aromatic rings. The van der Waals surface area contributed by atoms with Gasteiger partial charge in [0.2, 0.25) is 0 Å². The molecule has 0 aromatic carbocycles. The summed E-state index contributed by atoms with van der Waals surface area (Å²) in [6.07, 6.45) is 6.15. The number of Topliss-reactive ketones (excluding diaryl/α,β-unsaturated/α-hetero) is 2. The Bertz CT molecular complexity index is 298. The molecule has 1 aliphatic rings. The number of ketones is 2.